The zero-order valence-corrected chi connectivity index (χ0v) is 11.2. The molecule has 3 atom stereocenters. The Bertz CT molecular complexity index is 588. The van der Waals surface area contributed by atoms with E-state index in [0.717, 1.165) is 0 Å². The van der Waals surface area contributed by atoms with Gasteiger partial charge in [-0.05, 0) is 12.1 Å². The number of hydrogen-bond donors (Lipinski definition) is 0. The number of β-lactam (4-membered cyclic amide) rings is 1. The normalized spacial score (nSPS) is 26.0. The van der Waals surface area contributed by atoms with Gasteiger partial charge in [0.15, 0.2) is 0 Å². The van der Waals surface area contributed by atoms with Crippen molar-refractivity contribution in [3.8, 4) is 0 Å². The number of nitro groups is 1. The lowest BCUT2D eigenvalue weighted by Gasteiger charge is -2.31. The molecule has 0 spiro atoms. The zero-order chi connectivity index (χ0) is 14.3. The van der Waals surface area contributed by atoms with Crippen molar-refractivity contribution >= 4 is 22.4 Å². The highest BCUT2D eigenvalue weighted by Crippen LogP contribution is 2.29. The van der Waals surface area contributed by atoms with E-state index in [1.807, 2.05) is 0 Å². The van der Waals surface area contributed by atoms with Gasteiger partial charge in [-0.2, -0.15) is 0 Å². The van der Waals surface area contributed by atoms with Crippen molar-refractivity contribution in [1.29, 1.82) is 0 Å². The van der Waals surface area contributed by atoms with Gasteiger partial charge in [0.2, 0.25) is 5.91 Å². The van der Waals surface area contributed by atoms with Crippen LogP contribution in [-0.4, -0.2) is 44.6 Å². The van der Waals surface area contributed by atoms with E-state index in [4.69, 9.17) is 4.74 Å². The molecule has 2 saturated heterocycles. The van der Waals surface area contributed by atoms with Crippen molar-refractivity contribution in [3.63, 3.8) is 0 Å². The van der Waals surface area contributed by atoms with Crippen LogP contribution in [0.3, 0.4) is 0 Å². The van der Waals surface area contributed by atoms with E-state index in [9.17, 15) is 19.1 Å². The maximum absolute atomic E-state index is 12.2. The summed E-state index contributed by atoms with van der Waals surface area (Å²) in [5.74, 6) is 0.358. The molecule has 8 heteroatoms. The van der Waals surface area contributed by atoms with E-state index in [1.165, 1.54) is 24.3 Å². The Morgan fingerprint density at radius 1 is 1.40 bits per heavy atom. The number of carbonyl (C=O) groups is 1. The lowest BCUT2D eigenvalue weighted by atomic mass is 10.2. The topological polar surface area (TPSA) is 89.8 Å². The van der Waals surface area contributed by atoms with E-state index in [0.29, 0.717) is 17.9 Å². The van der Waals surface area contributed by atoms with Gasteiger partial charge in [-0.1, -0.05) is 0 Å². The molecular formula is C12H12N2O5S. The van der Waals surface area contributed by atoms with Gasteiger partial charge in [-0.15, -0.1) is 0 Å². The Morgan fingerprint density at radius 3 is 2.65 bits per heavy atom. The average Bonchev–Trinajstić information content (AvgIpc) is 2.75. The molecule has 2 aliphatic rings. The number of nitro benzene ring substituents is 1. The van der Waals surface area contributed by atoms with Crippen LogP contribution in [0.4, 0.5) is 5.69 Å². The highest BCUT2D eigenvalue weighted by molar-refractivity contribution is 7.85. The van der Waals surface area contributed by atoms with Crippen molar-refractivity contribution in [2.75, 3.05) is 12.3 Å². The molecule has 0 N–H and O–H groups in total. The molecule has 106 valence electrons. The minimum absolute atomic E-state index is 0.0300. The molecular weight excluding hydrogens is 284 g/mol. The molecule has 0 aromatic heterocycles. The van der Waals surface area contributed by atoms with Gasteiger partial charge in [0, 0.05) is 17.0 Å². The molecule has 0 radical (unpaired) electrons. The van der Waals surface area contributed by atoms with Crippen LogP contribution in [0, 0.1) is 10.1 Å². The Hall–Kier alpha value is -1.80. The van der Waals surface area contributed by atoms with Gasteiger partial charge in [-0.25, -0.2) is 0 Å². The smallest absolute Gasteiger partial charge is 0.269 e. The summed E-state index contributed by atoms with van der Waals surface area (Å²) in [7, 11) is -1.29. The fourth-order valence-electron chi connectivity index (χ4n) is 2.33. The largest absolute Gasteiger partial charge is 0.352 e. The standard InChI is InChI=1S/C12H12N2O5S/c15-11-5-12-13(11)6-9(19-12)7-20(18)10-3-1-8(2-4-10)14(16)17/h1-4,9,12H,5-7H2. The van der Waals surface area contributed by atoms with Gasteiger partial charge in [-0.3, -0.25) is 19.1 Å². The number of benzene rings is 1. The summed E-state index contributed by atoms with van der Waals surface area (Å²) in [6, 6.07) is 5.64. The van der Waals surface area contributed by atoms with Crippen LogP contribution in [0.2, 0.25) is 0 Å². The summed E-state index contributed by atoms with van der Waals surface area (Å²) in [5.41, 5.74) is -0.0300. The number of nitrogens with zero attached hydrogens (tertiary/aromatic N) is 2. The van der Waals surface area contributed by atoms with Crippen LogP contribution in [0.15, 0.2) is 29.2 Å². The van der Waals surface area contributed by atoms with Crippen LogP contribution >= 0.6 is 0 Å². The summed E-state index contributed by atoms with van der Waals surface area (Å²) in [6.45, 7) is 0.474. The number of amides is 1. The monoisotopic (exact) mass is 296 g/mol. The zero-order valence-electron chi connectivity index (χ0n) is 10.4. The van der Waals surface area contributed by atoms with Crippen LogP contribution in [0.25, 0.3) is 0 Å². The van der Waals surface area contributed by atoms with E-state index in [2.05, 4.69) is 0 Å². The highest BCUT2D eigenvalue weighted by Gasteiger charge is 2.45. The summed E-state index contributed by atoms with van der Waals surface area (Å²) < 4.78 is 17.7. The second-order valence-corrected chi connectivity index (χ2v) is 6.22. The molecule has 1 aromatic carbocycles. The summed E-state index contributed by atoms with van der Waals surface area (Å²) in [4.78, 5) is 23.4. The molecule has 2 heterocycles. The Kier molecular flexibility index (Phi) is 3.27. The predicted molar refractivity (Wildman–Crippen MR) is 69.4 cm³/mol. The molecule has 0 aliphatic carbocycles. The number of rotatable bonds is 4. The number of fused-ring (bicyclic) bond motifs is 1. The van der Waals surface area contributed by atoms with Crippen molar-refractivity contribution in [2.24, 2.45) is 0 Å². The van der Waals surface area contributed by atoms with Crippen molar-refractivity contribution in [2.45, 2.75) is 23.6 Å². The van der Waals surface area contributed by atoms with Gasteiger partial charge in [0.05, 0.1) is 40.5 Å². The van der Waals surface area contributed by atoms with Gasteiger partial charge in [0.25, 0.3) is 5.69 Å². The number of non-ortho nitro benzene ring substituents is 1. The quantitative estimate of drug-likeness (QED) is 0.462. The lowest BCUT2D eigenvalue weighted by Crippen LogP contribution is -2.48. The molecule has 7 nitrogen and oxygen atoms in total. The fourth-order valence-corrected chi connectivity index (χ4v) is 3.48. The first-order chi connectivity index (χ1) is 9.54. The molecule has 2 aliphatic heterocycles. The van der Waals surface area contributed by atoms with Crippen LogP contribution in [-0.2, 0) is 20.3 Å². The Balaban J connectivity index is 1.62. The third kappa shape index (κ3) is 2.32. The highest BCUT2D eigenvalue weighted by atomic mass is 32.2. The fraction of sp³-hybridized carbons (Fsp3) is 0.417. The third-order valence-corrected chi connectivity index (χ3v) is 4.89. The summed E-state index contributed by atoms with van der Waals surface area (Å²) in [6.07, 6.45) is 0.0181. The lowest BCUT2D eigenvalue weighted by molar-refractivity contribution is -0.384. The predicted octanol–water partition coefficient (Wildman–Crippen LogP) is 0.660. The molecule has 1 aromatic rings. The third-order valence-electron chi connectivity index (χ3n) is 3.41. The van der Waals surface area contributed by atoms with Crippen molar-refractivity contribution in [1.82, 2.24) is 4.90 Å². The van der Waals surface area contributed by atoms with E-state index >= 15 is 0 Å². The van der Waals surface area contributed by atoms with E-state index in [1.54, 1.807) is 4.90 Å². The van der Waals surface area contributed by atoms with Crippen LogP contribution in [0.1, 0.15) is 6.42 Å². The minimum atomic E-state index is -1.29. The number of ether oxygens (including phenoxy) is 1. The first-order valence-electron chi connectivity index (χ1n) is 6.12. The molecule has 0 bridgehead atoms. The molecule has 20 heavy (non-hydrogen) atoms. The first-order valence-corrected chi connectivity index (χ1v) is 7.44. The number of hydrogen-bond acceptors (Lipinski definition) is 5. The summed E-state index contributed by atoms with van der Waals surface area (Å²) in [5, 5.41) is 10.5. The first kappa shape index (κ1) is 13.2. The van der Waals surface area contributed by atoms with Gasteiger partial charge in [0.1, 0.15) is 6.23 Å². The second-order valence-electron chi connectivity index (χ2n) is 4.73. The van der Waals surface area contributed by atoms with E-state index < -0.39 is 15.7 Å². The maximum Gasteiger partial charge on any atom is 0.269 e. The molecule has 1 amide bonds. The SMILES string of the molecule is O=C1CC2OC(CS(=O)c3ccc([N+](=O)[O-])cc3)CN12. The van der Waals surface area contributed by atoms with Crippen LogP contribution in [0.5, 0.6) is 0 Å². The maximum atomic E-state index is 12.2. The number of carbonyl (C=O) groups excluding carboxylic acids is 1. The Labute approximate surface area is 117 Å². The second kappa shape index (κ2) is 4.95. The molecule has 3 unspecified atom stereocenters. The Morgan fingerprint density at radius 2 is 2.10 bits per heavy atom. The minimum Gasteiger partial charge on any atom is -0.352 e. The molecule has 2 fully saturated rings. The van der Waals surface area contributed by atoms with Gasteiger partial charge < -0.3 is 9.64 Å². The summed E-state index contributed by atoms with van der Waals surface area (Å²) >= 11 is 0. The molecule has 3 rings (SSSR count). The molecule has 0 saturated carbocycles. The van der Waals surface area contributed by atoms with E-state index in [-0.39, 0.29) is 29.7 Å². The van der Waals surface area contributed by atoms with Crippen LogP contribution < -0.4 is 0 Å². The van der Waals surface area contributed by atoms with Gasteiger partial charge >= 0.3 is 0 Å². The van der Waals surface area contributed by atoms with Crippen molar-refractivity contribution < 1.29 is 18.7 Å². The van der Waals surface area contributed by atoms with Crippen molar-refractivity contribution in [3.05, 3.63) is 34.4 Å². The average molecular weight is 296 g/mol.